The third-order valence-electron chi connectivity index (χ3n) is 2.20. The number of methoxy groups -OCH3 is 1. The van der Waals surface area contributed by atoms with E-state index in [2.05, 4.69) is 0 Å². The smallest absolute Gasteiger partial charge is 0.130 e. The first-order valence-electron chi connectivity index (χ1n) is 4.68. The summed E-state index contributed by atoms with van der Waals surface area (Å²) in [4.78, 5) is 0. The lowest BCUT2D eigenvalue weighted by molar-refractivity contribution is 0.310. The zero-order valence-corrected chi connectivity index (χ0v) is 8.59. The van der Waals surface area contributed by atoms with Crippen molar-refractivity contribution in [3.05, 3.63) is 29.3 Å². The summed E-state index contributed by atoms with van der Waals surface area (Å²) in [7, 11) is 1.56. The van der Waals surface area contributed by atoms with Gasteiger partial charge in [-0.05, 0) is 25.5 Å². The molecule has 2 N–H and O–H groups in total. The van der Waals surface area contributed by atoms with Crippen LogP contribution >= 0.6 is 0 Å². The van der Waals surface area contributed by atoms with Gasteiger partial charge in [-0.2, -0.15) is 0 Å². The topological polar surface area (TPSA) is 35.2 Å². The van der Waals surface area contributed by atoms with Gasteiger partial charge in [0.2, 0.25) is 0 Å². The van der Waals surface area contributed by atoms with E-state index in [-0.39, 0.29) is 0 Å². The second-order valence-corrected chi connectivity index (χ2v) is 3.24. The Morgan fingerprint density at radius 2 is 2.21 bits per heavy atom. The van der Waals surface area contributed by atoms with Crippen LogP contribution in [-0.4, -0.2) is 13.7 Å². The van der Waals surface area contributed by atoms with E-state index in [1.807, 2.05) is 19.1 Å². The molecule has 1 atom stereocenters. The largest absolute Gasteiger partial charge is 0.496 e. The summed E-state index contributed by atoms with van der Waals surface area (Å²) in [5.41, 5.74) is 6.86. The molecule has 0 spiro atoms. The molecular weight excluding hydrogens is 181 g/mol. The summed E-state index contributed by atoms with van der Waals surface area (Å²) >= 11 is 0. The van der Waals surface area contributed by atoms with Crippen molar-refractivity contribution in [1.29, 1.82) is 0 Å². The van der Waals surface area contributed by atoms with Crippen LogP contribution in [0.1, 0.15) is 23.7 Å². The van der Waals surface area contributed by atoms with Crippen molar-refractivity contribution in [1.82, 2.24) is 0 Å². The molecule has 2 nitrogen and oxygen atoms in total. The molecule has 0 bridgehead atoms. The van der Waals surface area contributed by atoms with E-state index in [0.29, 0.717) is 24.3 Å². The molecule has 0 saturated heterocycles. The normalized spacial score (nSPS) is 12.6. The molecule has 0 saturated carbocycles. The minimum atomic E-state index is -1.03. The quantitative estimate of drug-likeness (QED) is 0.804. The molecule has 0 radical (unpaired) electrons. The fourth-order valence-electron chi connectivity index (χ4n) is 1.50. The first-order chi connectivity index (χ1) is 6.70. The highest BCUT2D eigenvalue weighted by Gasteiger charge is 2.15. The third-order valence-corrected chi connectivity index (χ3v) is 2.20. The van der Waals surface area contributed by atoms with Gasteiger partial charge in [0.1, 0.15) is 11.9 Å². The Morgan fingerprint density at radius 1 is 1.50 bits per heavy atom. The molecule has 1 aromatic rings. The highest BCUT2D eigenvalue weighted by molar-refractivity contribution is 5.42. The number of halogens is 1. The summed E-state index contributed by atoms with van der Waals surface area (Å²) in [6, 6.07) is 5.47. The van der Waals surface area contributed by atoms with Gasteiger partial charge in [-0.25, -0.2) is 4.39 Å². The minimum Gasteiger partial charge on any atom is -0.496 e. The number of aryl methyl sites for hydroxylation is 1. The summed E-state index contributed by atoms with van der Waals surface area (Å²) in [5.74, 6) is 0.633. The maximum Gasteiger partial charge on any atom is 0.130 e. The van der Waals surface area contributed by atoms with Crippen LogP contribution in [0.4, 0.5) is 4.39 Å². The maximum absolute atomic E-state index is 13.6. The van der Waals surface area contributed by atoms with Crippen molar-refractivity contribution in [3.63, 3.8) is 0 Å². The molecular formula is C11H16FNO. The number of hydrogen-bond acceptors (Lipinski definition) is 2. The molecule has 0 amide bonds. The highest BCUT2D eigenvalue weighted by atomic mass is 19.1. The second-order valence-electron chi connectivity index (χ2n) is 3.24. The van der Waals surface area contributed by atoms with Gasteiger partial charge in [0.25, 0.3) is 0 Å². The molecule has 0 aliphatic carbocycles. The van der Waals surface area contributed by atoms with Gasteiger partial charge in [0, 0.05) is 5.56 Å². The molecule has 78 valence electrons. The third kappa shape index (κ3) is 2.23. The van der Waals surface area contributed by atoms with Gasteiger partial charge in [-0.1, -0.05) is 18.2 Å². The van der Waals surface area contributed by atoms with Crippen LogP contribution in [0, 0.1) is 6.92 Å². The van der Waals surface area contributed by atoms with Crippen LogP contribution in [0.3, 0.4) is 0 Å². The second kappa shape index (κ2) is 4.96. The molecule has 14 heavy (non-hydrogen) atoms. The van der Waals surface area contributed by atoms with Crippen molar-refractivity contribution in [3.8, 4) is 5.75 Å². The van der Waals surface area contributed by atoms with Crippen LogP contribution in [0.5, 0.6) is 5.75 Å². The standard InChI is InChI=1S/C11H16FNO/c1-8-4-3-5-9(11(8)14-2)10(12)6-7-13/h3-5,10H,6-7,13H2,1-2H3. The van der Waals surface area contributed by atoms with Crippen LogP contribution in [-0.2, 0) is 0 Å². The molecule has 3 heteroatoms. The Hall–Kier alpha value is -1.09. The van der Waals surface area contributed by atoms with E-state index in [1.165, 1.54) is 0 Å². The van der Waals surface area contributed by atoms with Gasteiger partial charge in [0.05, 0.1) is 7.11 Å². The lowest BCUT2D eigenvalue weighted by atomic mass is 10.0. The number of benzene rings is 1. The summed E-state index contributed by atoms with van der Waals surface area (Å²) in [6.45, 7) is 2.25. The summed E-state index contributed by atoms with van der Waals surface area (Å²) in [6.07, 6.45) is -0.699. The van der Waals surface area contributed by atoms with Gasteiger partial charge in [0.15, 0.2) is 0 Å². The van der Waals surface area contributed by atoms with Gasteiger partial charge in [-0.15, -0.1) is 0 Å². The van der Waals surface area contributed by atoms with E-state index < -0.39 is 6.17 Å². The van der Waals surface area contributed by atoms with Crippen LogP contribution < -0.4 is 10.5 Å². The first kappa shape index (κ1) is 11.0. The molecule has 1 rings (SSSR count). The minimum absolute atomic E-state index is 0.333. The Balaban J connectivity index is 3.00. The van der Waals surface area contributed by atoms with Crippen molar-refractivity contribution in [2.75, 3.05) is 13.7 Å². The van der Waals surface area contributed by atoms with E-state index in [9.17, 15) is 4.39 Å². The SMILES string of the molecule is COc1c(C)cccc1C(F)CCN. The molecule has 1 unspecified atom stereocenters. The van der Waals surface area contributed by atoms with Gasteiger partial charge >= 0.3 is 0 Å². The molecule has 0 aromatic heterocycles. The summed E-state index contributed by atoms with van der Waals surface area (Å²) < 4.78 is 18.8. The van der Waals surface area contributed by atoms with Crippen LogP contribution in [0.15, 0.2) is 18.2 Å². The molecule has 0 aliphatic heterocycles. The Kier molecular flexibility index (Phi) is 3.89. The predicted molar refractivity (Wildman–Crippen MR) is 55.3 cm³/mol. The number of ether oxygens (including phenoxy) is 1. The lowest BCUT2D eigenvalue weighted by Gasteiger charge is -2.13. The number of alkyl halides is 1. The van der Waals surface area contributed by atoms with Gasteiger partial charge in [-0.3, -0.25) is 0 Å². The first-order valence-corrected chi connectivity index (χ1v) is 4.68. The monoisotopic (exact) mass is 197 g/mol. The van der Waals surface area contributed by atoms with Crippen molar-refractivity contribution in [2.45, 2.75) is 19.5 Å². The van der Waals surface area contributed by atoms with Gasteiger partial charge < -0.3 is 10.5 Å². The van der Waals surface area contributed by atoms with E-state index in [4.69, 9.17) is 10.5 Å². The number of rotatable bonds is 4. The molecule has 0 fully saturated rings. The molecule has 1 aromatic carbocycles. The highest BCUT2D eigenvalue weighted by Crippen LogP contribution is 2.32. The number of hydrogen-bond donors (Lipinski definition) is 1. The van der Waals surface area contributed by atoms with Crippen LogP contribution in [0.2, 0.25) is 0 Å². The summed E-state index contributed by atoms with van der Waals surface area (Å²) in [5, 5.41) is 0. The number of para-hydroxylation sites is 1. The van der Waals surface area contributed by atoms with Crippen LogP contribution in [0.25, 0.3) is 0 Å². The Labute approximate surface area is 83.9 Å². The fourth-order valence-corrected chi connectivity index (χ4v) is 1.50. The van der Waals surface area contributed by atoms with E-state index in [1.54, 1.807) is 13.2 Å². The zero-order valence-electron chi connectivity index (χ0n) is 8.59. The van der Waals surface area contributed by atoms with Crippen molar-refractivity contribution >= 4 is 0 Å². The van der Waals surface area contributed by atoms with Crippen molar-refractivity contribution < 1.29 is 9.13 Å². The fraction of sp³-hybridized carbons (Fsp3) is 0.455. The predicted octanol–water partition coefficient (Wildman–Crippen LogP) is 2.36. The van der Waals surface area contributed by atoms with E-state index in [0.717, 1.165) is 5.56 Å². The average Bonchev–Trinajstić information content (AvgIpc) is 2.17. The lowest BCUT2D eigenvalue weighted by Crippen LogP contribution is -2.05. The average molecular weight is 197 g/mol. The van der Waals surface area contributed by atoms with E-state index >= 15 is 0 Å². The maximum atomic E-state index is 13.6. The molecule has 0 aliphatic rings. The van der Waals surface area contributed by atoms with Crippen molar-refractivity contribution in [2.24, 2.45) is 5.73 Å². The zero-order chi connectivity index (χ0) is 10.6. The Bertz CT molecular complexity index is 301. The Morgan fingerprint density at radius 3 is 2.79 bits per heavy atom. The molecule has 0 heterocycles. The number of nitrogens with two attached hydrogens (primary N) is 1.